The SMILES string of the molecule is CC12CN3CC(C)(CN(C1)C3[C@@H](O)[C@@H](O)[C@@H](O)[C@H](O)CO)C2O. The smallest absolute Gasteiger partial charge is 0.111 e. The summed E-state index contributed by atoms with van der Waals surface area (Å²) in [4.78, 5) is 4.07. The molecule has 0 saturated carbocycles. The van der Waals surface area contributed by atoms with Gasteiger partial charge in [0.05, 0.1) is 18.9 Å². The number of nitrogens with zero attached hydrogens (tertiary/aromatic N) is 2. The lowest BCUT2D eigenvalue weighted by Crippen LogP contribution is -2.81. The maximum Gasteiger partial charge on any atom is 0.111 e. The van der Waals surface area contributed by atoms with E-state index < -0.39 is 43.3 Å². The van der Waals surface area contributed by atoms with Gasteiger partial charge in [0.25, 0.3) is 0 Å². The Morgan fingerprint density at radius 3 is 1.74 bits per heavy atom. The Hall–Kier alpha value is -0.320. The number of rotatable bonds is 5. The Balaban J connectivity index is 1.78. The Morgan fingerprint density at radius 1 is 0.913 bits per heavy atom. The fourth-order valence-electron chi connectivity index (χ4n) is 5.01. The van der Waals surface area contributed by atoms with E-state index in [4.69, 9.17) is 5.11 Å². The third kappa shape index (κ3) is 2.52. The van der Waals surface area contributed by atoms with Crippen LogP contribution >= 0.6 is 0 Å². The molecule has 4 saturated heterocycles. The van der Waals surface area contributed by atoms with Crippen LogP contribution in [0.3, 0.4) is 0 Å². The maximum absolute atomic E-state index is 10.6. The van der Waals surface area contributed by atoms with Crippen LogP contribution in [0.15, 0.2) is 0 Å². The van der Waals surface area contributed by atoms with Crippen LogP contribution in [0.1, 0.15) is 13.8 Å². The van der Waals surface area contributed by atoms with Crippen LogP contribution in [0.4, 0.5) is 0 Å². The Bertz CT molecular complexity index is 425. The molecule has 0 aliphatic carbocycles. The normalized spacial score (nSPS) is 50.6. The largest absolute Gasteiger partial charge is 0.394 e. The molecule has 4 fully saturated rings. The first-order chi connectivity index (χ1) is 10.6. The molecule has 8 heteroatoms. The molecule has 0 amide bonds. The molecule has 8 nitrogen and oxygen atoms in total. The zero-order chi connectivity index (χ0) is 17.2. The van der Waals surface area contributed by atoms with Crippen molar-refractivity contribution in [2.45, 2.75) is 50.5 Å². The molecule has 6 N–H and O–H groups in total. The molecule has 0 aromatic rings. The summed E-state index contributed by atoms with van der Waals surface area (Å²) in [7, 11) is 0. The summed E-state index contributed by atoms with van der Waals surface area (Å²) in [6, 6.07) is 0. The van der Waals surface area contributed by atoms with E-state index in [1.54, 1.807) is 0 Å². The van der Waals surface area contributed by atoms with Gasteiger partial charge in [-0.1, -0.05) is 13.8 Å². The molecule has 0 unspecified atom stereocenters. The van der Waals surface area contributed by atoms with Crippen LogP contribution in [0.2, 0.25) is 0 Å². The average Bonchev–Trinajstić information content (AvgIpc) is 2.48. The summed E-state index contributed by atoms with van der Waals surface area (Å²) in [5.74, 6) is 0. The van der Waals surface area contributed by atoms with Gasteiger partial charge >= 0.3 is 0 Å². The highest BCUT2D eigenvalue weighted by atomic mass is 16.4. The summed E-state index contributed by atoms with van der Waals surface area (Å²) in [5.41, 5.74) is -0.564. The fraction of sp³-hybridized carbons (Fsp3) is 1.00. The average molecular weight is 332 g/mol. The molecule has 4 bridgehead atoms. The monoisotopic (exact) mass is 332 g/mol. The predicted octanol–water partition coefficient (Wildman–Crippen LogP) is -3.23. The highest BCUT2D eigenvalue weighted by Gasteiger charge is 2.63. The van der Waals surface area contributed by atoms with E-state index in [0.29, 0.717) is 26.2 Å². The quantitative estimate of drug-likeness (QED) is 0.310. The highest BCUT2D eigenvalue weighted by molar-refractivity contribution is 5.14. The number of aliphatic hydroxyl groups is 6. The minimum Gasteiger partial charge on any atom is -0.394 e. The van der Waals surface area contributed by atoms with Crippen molar-refractivity contribution in [2.75, 3.05) is 32.8 Å². The molecule has 0 spiro atoms. The first-order valence-electron chi connectivity index (χ1n) is 8.12. The van der Waals surface area contributed by atoms with Gasteiger partial charge in [-0.05, 0) is 0 Å². The number of piperidine rings is 2. The van der Waals surface area contributed by atoms with E-state index in [-0.39, 0.29) is 10.8 Å². The first-order valence-corrected chi connectivity index (χ1v) is 8.12. The van der Waals surface area contributed by atoms with Gasteiger partial charge in [-0.25, -0.2) is 0 Å². The molecule has 4 heterocycles. The molecule has 4 aliphatic rings. The van der Waals surface area contributed by atoms with Crippen LogP contribution in [-0.2, 0) is 0 Å². The molecule has 4 rings (SSSR count). The van der Waals surface area contributed by atoms with Crippen LogP contribution in [0.25, 0.3) is 0 Å². The number of hydrogen-bond donors (Lipinski definition) is 6. The van der Waals surface area contributed by atoms with Crippen LogP contribution in [0, 0.1) is 10.8 Å². The minimum atomic E-state index is -1.62. The van der Waals surface area contributed by atoms with E-state index in [0.717, 1.165) is 0 Å². The molecular weight excluding hydrogens is 304 g/mol. The lowest BCUT2D eigenvalue weighted by molar-refractivity contribution is -0.277. The van der Waals surface area contributed by atoms with Gasteiger partial charge in [-0.2, -0.15) is 0 Å². The van der Waals surface area contributed by atoms with Crippen molar-refractivity contribution in [3.05, 3.63) is 0 Å². The van der Waals surface area contributed by atoms with Gasteiger partial charge < -0.3 is 30.6 Å². The van der Waals surface area contributed by atoms with Crippen molar-refractivity contribution in [2.24, 2.45) is 10.8 Å². The third-order valence-corrected chi connectivity index (χ3v) is 5.91. The second kappa shape index (κ2) is 5.60. The van der Waals surface area contributed by atoms with Gasteiger partial charge in [0.1, 0.15) is 24.4 Å². The minimum absolute atomic E-state index is 0.282. The summed E-state index contributed by atoms with van der Waals surface area (Å²) in [6.07, 6.45) is -6.85. The fourth-order valence-corrected chi connectivity index (χ4v) is 5.01. The molecule has 23 heavy (non-hydrogen) atoms. The van der Waals surface area contributed by atoms with E-state index in [9.17, 15) is 25.5 Å². The highest BCUT2D eigenvalue weighted by Crippen LogP contribution is 2.51. The summed E-state index contributed by atoms with van der Waals surface area (Å²) < 4.78 is 0. The number of hydrogen-bond acceptors (Lipinski definition) is 8. The van der Waals surface area contributed by atoms with Crippen molar-refractivity contribution < 1.29 is 30.6 Å². The first kappa shape index (κ1) is 17.5. The number of aliphatic hydroxyl groups excluding tert-OH is 6. The van der Waals surface area contributed by atoms with Crippen LogP contribution in [0.5, 0.6) is 0 Å². The summed E-state index contributed by atoms with van der Waals surface area (Å²) >= 11 is 0. The molecule has 134 valence electrons. The van der Waals surface area contributed by atoms with Gasteiger partial charge in [0.15, 0.2) is 0 Å². The Kier molecular flexibility index (Phi) is 4.26. The molecule has 0 radical (unpaired) electrons. The predicted molar refractivity (Wildman–Crippen MR) is 80.3 cm³/mol. The topological polar surface area (TPSA) is 128 Å². The van der Waals surface area contributed by atoms with Crippen molar-refractivity contribution in [3.8, 4) is 0 Å². The van der Waals surface area contributed by atoms with Crippen LogP contribution < -0.4 is 0 Å². The standard InChI is InChI=1S/C15H28N2O6/c1-14-4-16-6-15(2,13(14)23)7-17(5-14)12(16)11(22)10(21)9(20)8(19)3-18/h8-13,18-23H,3-7H2,1-2H3/t8-,9+,10+,11+,12?,13?,14?,15?/m1/s1. The van der Waals surface area contributed by atoms with Crippen molar-refractivity contribution >= 4 is 0 Å². The van der Waals surface area contributed by atoms with E-state index in [2.05, 4.69) is 0 Å². The van der Waals surface area contributed by atoms with Gasteiger partial charge in [0, 0.05) is 37.0 Å². The van der Waals surface area contributed by atoms with E-state index in [1.807, 2.05) is 23.6 Å². The molecular formula is C15H28N2O6. The molecule has 0 aromatic heterocycles. The summed E-state index contributed by atoms with van der Waals surface area (Å²) in [5, 5.41) is 59.6. The zero-order valence-corrected chi connectivity index (χ0v) is 13.6. The van der Waals surface area contributed by atoms with Crippen molar-refractivity contribution in [1.82, 2.24) is 9.80 Å². The van der Waals surface area contributed by atoms with Crippen LogP contribution in [-0.4, -0.2) is 110 Å². The lowest BCUT2D eigenvalue weighted by atomic mass is 9.60. The van der Waals surface area contributed by atoms with Gasteiger partial charge in [0.2, 0.25) is 0 Å². The Morgan fingerprint density at radius 2 is 1.35 bits per heavy atom. The van der Waals surface area contributed by atoms with Crippen molar-refractivity contribution in [3.63, 3.8) is 0 Å². The lowest BCUT2D eigenvalue weighted by Gasteiger charge is -2.68. The van der Waals surface area contributed by atoms with Crippen molar-refractivity contribution in [1.29, 1.82) is 0 Å². The van der Waals surface area contributed by atoms with E-state index >= 15 is 0 Å². The Labute approximate surface area is 135 Å². The second-order valence-electron chi connectivity index (χ2n) is 8.16. The summed E-state index contributed by atoms with van der Waals surface area (Å²) in [6.45, 7) is 5.78. The maximum atomic E-state index is 10.6. The molecule has 4 atom stereocenters. The third-order valence-electron chi connectivity index (χ3n) is 5.91. The zero-order valence-electron chi connectivity index (χ0n) is 13.6. The van der Waals surface area contributed by atoms with E-state index in [1.165, 1.54) is 0 Å². The van der Waals surface area contributed by atoms with Gasteiger partial charge in [-0.15, -0.1) is 0 Å². The second-order valence-corrected chi connectivity index (χ2v) is 8.16. The van der Waals surface area contributed by atoms with Gasteiger partial charge in [-0.3, -0.25) is 9.80 Å². The molecule has 4 aliphatic heterocycles. The molecule has 0 aromatic carbocycles.